The first-order valence-corrected chi connectivity index (χ1v) is 7.72. The van der Waals surface area contributed by atoms with Gasteiger partial charge in [-0.05, 0) is 22.4 Å². The largest absolute Gasteiger partial charge is 0.522 e. The van der Waals surface area contributed by atoms with Crippen molar-refractivity contribution >= 4 is 27.7 Å². The Morgan fingerprint density at radius 2 is 1.96 bits per heavy atom. The molecule has 0 spiro atoms. The van der Waals surface area contributed by atoms with Crippen molar-refractivity contribution < 1.29 is 22.7 Å². The fourth-order valence-corrected chi connectivity index (χ4v) is 1.58. The Hall–Kier alpha value is -1.42. The van der Waals surface area contributed by atoms with Gasteiger partial charge in [0, 0.05) is 26.3 Å². The van der Waals surface area contributed by atoms with E-state index >= 15 is 0 Å². The number of rotatable bonds is 3. The first-order valence-electron chi connectivity index (χ1n) is 6.93. The van der Waals surface area contributed by atoms with Crippen LogP contribution in [0.25, 0.3) is 0 Å². The molecule has 1 aromatic rings. The molecule has 1 aliphatic rings. The summed E-state index contributed by atoms with van der Waals surface area (Å²) in [5.41, 5.74) is 0. The van der Waals surface area contributed by atoms with Crippen LogP contribution in [-0.4, -0.2) is 53.9 Å². The molecule has 1 aromatic heterocycles. The predicted octanol–water partition coefficient (Wildman–Crippen LogP) is 3.06. The number of likely N-dealkylation sites (tertiary alicyclic amines) is 1. The zero-order chi connectivity index (χ0) is 17.9. The van der Waals surface area contributed by atoms with Gasteiger partial charge >= 0.3 is 6.36 Å². The van der Waals surface area contributed by atoms with E-state index in [-0.39, 0.29) is 5.91 Å². The van der Waals surface area contributed by atoms with Gasteiger partial charge in [0.1, 0.15) is 16.7 Å². The van der Waals surface area contributed by atoms with Crippen LogP contribution in [0.3, 0.4) is 0 Å². The minimum Gasteiger partial charge on any atom is -0.361 e. The molecule has 132 valence electrons. The second-order valence-corrected chi connectivity index (χ2v) is 4.78. The summed E-state index contributed by atoms with van der Waals surface area (Å²) in [6, 6.07) is 1.74. The lowest BCUT2D eigenvalue weighted by atomic mass is 10.2. The quantitative estimate of drug-likeness (QED) is 0.789. The van der Waals surface area contributed by atoms with Crippen LogP contribution >= 0.6 is 15.9 Å². The average Bonchev–Trinajstić information content (AvgIpc) is 2.45. The zero-order valence-electron chi connectivity index (χ0n) is 13.2. The monoisotopic (exact) mass is 400 g/mol. The number of amides is 1. The van der Waals surface area contributed by atoms with Gasteiger partial charge in [-0.3, -0.25) is 9.53 Å². The number of nitrogens with one attached hydrogen (secondary N) is 1. The average molecular weight is 401 g/mol. The Morgan fingerprint density at radius 1 is 1.39 bits per heavy atom. The zero-order valence-corrected chi connectivity index (χ0v) is 14.7. The molecule has 0 bridgehead atoms. The summed E-state index contributed by atoms with van der Waals surface area (Å²) >= 11 is 3.24. The van der Waals surface area contributed by atoms with E-state index in [0.717, 1.165) is 19.5 Å². The van der Waals surface area contributed by atoms with E-state index in [2.05, 4.69) is 36.0 Å². The minimum atomic E-state index is -4.46. The van der Waals surface area contributed by atoms with E-state index in [1.165, 1.54) is 6.33 Å². The Kier molecular flexibility index (Phi) is 10.5. The lowest BCUT2D eigenvalue weighted by Crippen LogP contribution is -2.44. The number of anilines is 1. The van der Waals surface area contributed by atoms with Gasteiger partial charge < -0.3 is 10.2 Å². The maximum atomic E-state index is 11.5. The number of aromatic nitrogens is 2. The molecule has 0 radical (unpaired) electrons. The van der Waals surface area contributed by atoms with Crippen molar-refractivity contribution in [1.82, 2.24) is 14.9 Å². The standard InChI is InChI=1S/C9H11BrN4O.C2H3F3O.C2H6/c10-7-4-8(13-6-12-7)11-5-9(15)14-2-1-3-14;1-6-2(3,4)5;1-2/h4,6H,1-3,5H2,(H,11,12,13);1H3;1-2H3. The highest BCUT2D eigenvalue weighted by Gasteiger charge is 2.25. The van der Waals surface area contributed by atoms with E-state index in [1.54, 1.807) is 6.07 Å². The molecule has 0 atom stereocenters. The van der Waals surface area contributed by atoms with Crippen LogP contribution in [0.5, 0.6) is 0 Å². The minimum absolute atomic E-state index is 0.121. The van der Waals surface area contributed by atoms with E-state index in [0.29, 0.717) is 24.1 Å². The van der Waals surface area contributed by atoms with Gasteiger partial charge in [-0.25, -0.2) is 9.97 Å². The van der Waals surface area contributed by atoms with E-state index in [1.807, 2.05) is 18.7 Å². The van der Waals surface area contributed by atoms with Crippen molar-refractivity contribution in [1.29, 1.82) is 0 Å². The number of ether oxygens (including phenoxy) is 1. The van der Waals surface area contributed by atoms with Gasteiger partial charge in [-0.1, -0.05) is 13.8 Å². The molecule has 10 heteroatoms. The van der Waals surface area contributed by atoms with Crippen LogP contribution in [0.4, 0.5) is 19.0 Å². The summed E-state index contributed by atoms with van der Waals surface area (Å²) < 4.78 is 35.3. The van der Waals surface area contributed by atoms with Gasteiger partial charge in [0.25, 0.3) is 0 Å². The topological polar surface area (TPSA) is 67.3 Å². The summed E-state index contributed by atoms with van der Waals surface area (Å²) in [6.07, 6.45) is -1.90. The number of halogens is 4. The third kappa shape index (κ3) is 10.1. The number of alkyl halides is 3. The molecule has 0 unspecified atom stereocenters. The van der Waals surface area contributed by atoms with Crippen LogP contribution in [0.15, 0.2) is 17.0 Å². The molecule has 1 amide bonds. The molecule has 0 aromatic carbocycles. The van der Waals surface area contributed by atoms with Gasteiger partial charge in [0.05, 0.1) is 6.54 Å². The molecule has 1 N–H and O–H groups in total. The number of methoxy groups -OCH3 is 1. The van der Waals surface area contributed by atoms with E-state index in [4.69, 9.17) is 0 Å². The van der Waals surface area contributed by atoms with Crippen LogP contribution < -0.4 is 5.32 Å². The lowest BCUT2D eigenvalue weighted by molar-refractivity contribution is -0.311. The molecule has 23 heavy (non-hydrogen) atoms. The maximum absolute atomic E-state index is 11.5. The van der Waals surface area contributed by atoms with Crippen molar-refractivity contribution in [3.8, 4) is 0 Å². The van der Waals surface area contributed by atoms with Crippen molar-refractivity contribution in [2.24, 2.45) is 0 Å². The van der Waals surface area contributed by atoms with Gasteiger partial charge in [0.2, 0.25) is 5.91 Å². The molecule has 0 aliphatic carbocycles. The highest BCUT2D eigenvalue weighted by Crippen LogP contribution is 2.13. The van der Waals surface area contributed by atoms with Crippen molar-refractivity contribution in [2.75, 3.05) is 32.1 Å². The van der Waals surface area contributed by atoms with Gasteiger partial charge in [-0.2, -0.15) is 0 Å². The third-order valence-corrected chi connectivity index (χ3v) is 2.93. The lowest BCUT2D eigenvalue weighted by Gasteiger charge is -2.30. The number of carbonyl (C=O) groups is 1. The summed E-state index contributed by atoms with van der Waals surface area (Å²) in [5, 5.41) is 2.96. The summed E-state index contributed by atoms with van der Waals surface area (Å²) in [7, 11) is 0.583. The van der Waals surface area contributed by atoms with Crippen LogP contribution in [0, 0.1) is 0 Å². The normalized spacial score (nSPS) is 12.9. The Bertz CT molecular complexity index is 471. The van der Waals surface area contributed by atoms with Crippen molar-refractivity contribution in [2.45, 2.75) is 26.6 Å². The predicted molar refractivity (Wildman–Crippen MR) is 83.8 cm³/mol. The Morgan fingerprint density at radius 3 is 2.35 bits per heavy atom. The Labute approximate surface area is 141 Å². The second kappa shape index (κ2) is 11.2. The molecule has 1 aliphatic heterocycles. The summed E-state index contributed by atoms with van der Waals surface area (Å²) in [6.45, 7) is 6.06. The maximum Gasteiger partial charge on any atom is 0.522 e. The first-order chi connectivity index (χ1) is 10.8. The van der Waals surface area contributed by atoms with E-state index < -0.39 is 6.36 Å². The Balaban J connectivity index is 0.000000515. The molecule has 1 saturated heterocycles. The molecule has 0 saturated carbocycles. The van der Waals surface area contributed by atoms with Crippen LogP contribution in [0.2, 0.25) is 0 Å². The van der Waals surface area contributed by atoms with Gasteiger partial charge in [-0.15, -0.1) is 13.2 Å². The molecular weight excluding hydrogens is 381 g/mol. The summed E-state index contributed by atoms with van der Waals surface area (Å²) in [5.74, 6) is 0.779. The second-order valence-electron chi connectivity index (χ2n) is 3.96. The van der Waals surface area contributed by atoms with Crippen molar-refractivity contribution in [3.63, 3.8) is 0 Å². The number of carbonyl (C=O) groups excluding carboxylic acids is 1. The molecule has 6 nitrogen and oxygen atoms in total. The highest BCUT2D eigenvalue weighted by molar-refractivity contribution is 9.10. The number of hydrogen-bond donors (Lipinski definition) is 1. The third-order valence-electron chi connectivity index (χ3n) is 2.49. The SMILES string of the molecule is CC.COC(F)(F)F.O=C(CNc1cc(Br)ncn1)N1CCC1. The molecular formula is C13H20BrF3N4O2. The number of nitrogens with zero attached hydrogens (tertiary/aromatic N) is 3. The molecule has 1 fully saturated rings. The van der Waals surface area contributed by atoms with Crippen molar-refractivity contribution in [3.05, 3.63) is 17.0 Å². The van der Waals surface area contributed by atoms with Crippen LogP contribution in [0.1, 0.15) is 20.3 Å². The van der Waals surface area contributed by atoms with E-state index in [9.17, 15) is 18.0 Å². The highest BCUT2D eigenvalue weighted by atomic mass is 79.9. The molecule has 2 heterocycles. The smallest absolute Gasteiger partial charge is 0.361 e. The molecule has 2 rings (SSSR count). The first kappa shape index (κ1) is 21.6. The van der Waals surface area contributed by atoms with Gasteiger partial charge in [0.15, 0.2) is 0 Å². The fourth-order valence-electron chi connectivity index (χ4n) is 1.27. The fraction of sp³-hybridized carbons (Fsp3) is 0.615. The summed E-state index contributed by atoms with van der Waals surface area (Å²) in [4.78, 5) is 21.2. The van der Waals surface area contributed by atoms with Crippen LogP contribution in [-0.2, 0) is 9.53 Å². The number of hydrogen-bond acceptors (Lipinski definition) is 5.